The van der Waals surface area contributed by atoms with Crippen LogP contribution in [0.3, 0.4) is 0 Å². The van der Waals surface area contributed by atoms with Gasteiger partial charge in [-0.1, -0.05) is 6.07 Å². The topological polar surface area (TPSA) is 128 Å². The number of amides is 2. The Labute approximate surface area is 181 Å². The number of nitrogens with zero attached hydrogens (tertiary/aromatic N) is 3. The van der Waals surface area contributed by atoms with Gasteiger partial charge in [-0.25, -0.2) is 9.78 Å². The van der Waals surface area contributed by atoms with Crippen molar-refractivity contribution in [2.45, 2.75) is 6.92 Å². The smallest absolute Gasteiger partial charge is 0.332 e. The van der Waals surface area contributed by atoms with Crippen molar-refractivity contribution in [3.05, 3.63) is 86.6 Å². The van der Waals surface area contributed by atoms with Gasteiger partial charge in [-0.2, -0.15) is 0 Å². The molecule has 0 saturated carbocycles. The Morgan fingerprint density at radius 2 is 1.78 bits per heavy atom. The van der Waals surface area contributed by atoms with Crippen molar-refractivity contribution >= 4 is 34.2 Å². The van der Waals surface area contributed by atoms with Crippen molar-refractivity contribution in [1.29, 1.82) is 0 Å². The van der Waals surface area contributed by atoms with Gasteiger partial charge < -0.3 is 15.1 Å². The van der Waals surface area contributed by atoms with E-state index in [0.717, 1.165) is 10.1 Å². The third-order valence-corrected chi connectivity index (χ3v) is 5.04. The second-order valence-electron chi connectivity index (χ2n) is 7.22. The second kappa shape index (κ2) is 7.99. The largest absolute Gasteiger partial charge is 0.459 e. The van der Waals surface area contributed by atoms with Gasteiger partial charge in [0.2, 0.25) is 0 Å². The number of carbonyl (C=O) groups excluding carboxylic acids is 2. The quantitative estimate of drug-likeness (QED) is 0.507. The highest BCUT2D eigenvalue weighted by atomic mass is 16.3. The van der Waals surface area contributed by atoms with Crippen LogP contribution in [0.15, 0.2) is 62.9 Å². The van der Waals surface area contributed by atoms with E-state index in [1.54, 1.807) is 31.2 Å². The summed E-state index contributed by atoms with van der Waals surface area (Å²) < 4.78 is 7.32. The number of aryl methyl sites for hydroxylation is 2. The predicted octanol–water partition coefficient (Wildman–Crippen LogP) is 2.04. The normalized spacial score (nSPS) is 10.8. The molecule has 4 rings (SSSR count). The van der Waals surface area contributed by atoms with E-state index in [4.69, 9.17) is 4.42 Å². The zero-order chi connectivity index (χ0) is 23.0. The molecule has 3 heterocycles. The molecule has 10 heteroatoms. The predicted molar refractivity (Wildman–Crippen MR) is 118 cm³/mol. The minimum absolute atomic E-state index is 0.150. The highest BCUT2D eigenvalue weighted by Gasteiger charge is 2.15. The fourth-order valence-electron chi connectivity index (χ4n) is 3.23. The maximum atomic E-state index is 12.8. The first-order valence-electron chi connectivity index (χ1n) is 9.59. The van der Waals surface area contributed by atoms with E-state index in [1.165, 1.54) is 43.3 Å². The van der Waals surface area contributed by atoms with Crippen LogP contribution in [0.1, 0.15) is 26.5 Å². The number of nitrogens with one attached hydrogen (secondary N) is 2. The van der Waals surface area contributed by atoms with Gasteiger partial charge in [0.15, 0.2) is 5.76 Å². The third-order valence-electron chi connectivity index (χ3n) is 5.04. The molecule has 10 nitrogen and oxygen atoms in total. The van der Waals surface area contributed by atoms with Gasteiger partial charge >= 0.3 is 5.69 Å². The summed E-state index contributed by atoms with van der Waals surface area (Å²) in [5, 5.41) is 5.61. The lowest BCUT2D eigenvalue weighted by Crippen LogP contribution is -2.37. The Balaban J connectivity index is 1.61. The number of carbonyl (C=O) groups is 2. The molecule has 4 aromatic rings. The van der Waals surface area contributed by atoms with Gasteiger partial charge in [0.05, 0.1) is 23.5 Å². The van der Waals surface area contributed by atoms with Crippen molar-refractivity contribution in [2.75, 3.05) is 10.6 Å². The maximum absolute atomic E-state index is 12.8. The summed E-state index contributed by atoms with van der Waals surface area (Å²) in [6, 6.07) is 9.47. The molecule has 162 valence electrons. The molecule has 0 fully saturated rings. The van der Waals surface area contributed by atoms with Crippen molar-refractivity contribution in [1.82, 2.24) is 14.1 Å². The van der Waals surface area contributed by atoms with Gasteiger partial charge in [-0.05, 0) is 42.8 Å². The summed E-state index contributed by atoms with van der Waals surface area (Å²) in [5.74, 6) is -0.741. The molecule has 0 radical (unpaired) electrons. The summed E-state index contributed by atoms with van der Waals surface area (Å²) in [6.07, 6.45) is 2.77. The van der Waals surface area contributed by atoms with Crippen LogP contribution >= 0.6 is 0 Å². The fraction of sp³-hybridized carbons (Fsp3) is 0.136. The van der Waals surface area contributed by atoms with E-state index in [2.05, 4.69) is 15.6 Å². The fourth-order valence-corrected chi connectivity index (χ4v) is 3.23. The highest BCUT2D eigenvalue weighted by molar-refractivity contribution is 6.07. The van der Waals surface area contributed by atoms with Crippen LogP contribution in [-0.4, -0.2) is 25.9 Å². The lowest BCUT2D eigenvalue weighted by molar-refractivity contribution is 0.0993. The number of benzene rings is 1. The van der Waals surface area contributed by atoms with Crippen molar-refractivity contribution in [2.24, 2.45) is 14.1 Å². The van der Waals surface area contributed by atoms with E-state index in [-0.39, 0.29) is 16.8 Å². The molecular formula is C22H19N5O5. The zero-order valence-corrected chi connectivity index (χ0v) is 17.5. The summed E-state index contributed by atoms with van der Waals surface area (Å²) >= 11 is 0. The molecule has 0 aliphatic heterocycles. The number of hydrogen-bond acceptors (Lipinski definition) is 6. The van der Waals surface area contributed by atoms with Crippen LogP contribution in [-0.2, 0) is 14.1 Å². The first kappa shape index (κ1) is 20.8. The molecule has 1 aromatic carbocycles. The number of aromatic nitrogens is 3. The molecule has 0 spiro atoms. The summed E-state index contributed by atoms with van der Waals surface area (Å²) in [7, 11) is 2.89. The first-order valence-corrected chi connectivity index (χ1v) is 9.59. The molecule has 0 aliphatic carbocycles. The average Bonchev–Trinajstić information content (AvgIpc) is 3.33. The van der Waals surface area contributed by atoms with E-state index < -0.39 is 23.1 Å². The number of rotatable bonds is 4. The van der Waals surface area contributed by atoms with Crippen LogP contribution in [0.25, 0.3) is 11.0 Å². The van der Waals surface area contributed by atoms with Crippen molar-refractivity contribution in [3.63, 3.8) is 0 Å². The van der Waals surface area contributed by atoms with Crippen molar-refractivity contribution in [3.8, 4) is 0 Å². The van der Waals surface area contributed by atoms with Crippen LogP contribution in [0.4, 0.5) is 11.4 Å². The Morgan fingerprint density at radius 1 is 1.00 bits per heavy atom. The molecule has 2 amide bonds. The Bertz CT molecular complexity index is 1480. The monoisotopic (exact) mass is 433 g/mol. The molecule has 2 N–H and O–H groups in total. The maximum Gasteiger partial charge on any atom is 0.332 e. The standard InChI is InChI=1S/C22H19N5O5/c1-12-6-7-13(9-16(12)25-20(29)17-5-4-8-32-17)19(28)24-14-10-15-18(23-11-14)26(2)22(31)27(3)21(15)30/h4-11H,1-3H3,(H,24,28)(H,25,29). The minimum atomic E-state index is -0.509. The molecule has 0 saturated heterocycles. The summed E-state index contributed by atoms with van der Waals surface area (Å²) in [4.78, 5) is 53.7. The van der Waals surface area contributed by atoms with Gasteiger partial charge in [0.1, 0.15) is 5.65 Å². The second-order valence-corrected chi connectivity index (χ2v) is 7.22. The number of pyridine rings is 1. The van der Waals surface area contributed by atoms with Crippen LogP contribution in [0.2, 0.25) is 0 Å². The highest BCUT2D eigenvalue weighted by Crippen LogP contribution is 2.20. The SMILES string of the molecule is Cc1ccc(C(=O)Nc2cnc3c(c2)c(=O)n(C)c(=O)n3C)cc1NC(=O)c1ccco1. The zero-order valence-electron chi connectivity index (χ0n) is 17.5. The Hall–Kier alpha value is -4.47. The van der Waals surface area contributed by atoms with Gasteiger partial charge in [-0.15, -0.1) is 0 Å². The number of hydrogen-bond donors (Lipinski definition) is 2. The summed E-state index contributed by atoms with van der Waals surface area (Å²) in [5.41, 5.74) is 1.02. The molecule has 0 unspecified atom stereocenters. The van der Waals surface area contributed by atoms with Gasteiger partial charge in [-0.3, -0.25) is 23.5 Å². The Morgan fingerprint density at radius 3 is 2.50 bits per heavy atom. The van der Waals surface area contributed by atoms with E-state index in [1.807, 2.05) is 0 Å². The number of furan rings is 1. The molecule has 0 atom stereocenters. The molecule has 0 bridgehead atoms. The van der Waals surface area contributed by atoms with E-state index >= 15 is 0 Å². The van der Waals surface area contributed by atoms with Crippen LogP contribution in [0, 0.1) is 6.92 Å². The lowest BCUT2D eigenvalue weighted by atomic mass is 10.1. The summed E-state index contributed by atoms with van der Waals surface area (Å²) in [6.45, 7) is 1.80. The van der Waals surface area contributed by atoms with Crippen LogP contribution < -0.4 is 21.9 Å². The van der Waals surface area contributed by atoms with E-state index in [0.29, 0.717) is 16.9 Å². The lowest BCUT2D eigenvalue weighted by Gasteiger charge is -2.11. The van der Waals surface area contributed by atoms with Crippen LogP contribution in [0.5, 0.6) is 0 Å². The van der Waals surface area contributed by atoms with Crippen molar-refractivity contribution < 1.29 is 14.0 Å². The van der Waals surface area contributed by atoms with E-state index in [9.17, 15) is 19.2 Å². The molecular weight excluding hydrogens is 414 g/mol. The molecule has 0 aliphatic rings. The first-order chi connectivity index (χ1) is 15.3. The minimum Gasteiger partial charge on any atom is -0.459 e. The number of anilines is 2. The molecule has 32 heavy (non-hydrogen) atoms. The van der Waals surface area contributed by atoms with Gasteiger partial charge in [0, 0.05) is 25.3 Å². The van der Waals surface area contributed by atoms with Gasteiger partial charge in [0.25, 0.3) is 17.4 Å². The Kier molecular flexibility index (Phi) is 5.19. The molecule has 3 aromatic heterocycles. The average molecular weight is 433 g/mol. The third kappa shape index (κ3) is 3.69. The number of fused-ring (bicyclic) bond motifs is 1.